The van der Waals surface area contributed by atoms with E-state index in [1.165, 1.54) is 0 Å². The molecule has 1 saturated carbocycles. The lowest BCUT2D eigenvalue weighted by molar-refractivity contribution is -0.141. The molecule has 0 unspecified atom stereocenters. The summed E-state index contributed by atoms with van der Waals surface area (Å²) < 4.78 is 37.2. The van der Waals surface area contributed by atoms with Crippen LogP contribution in [0.2, 0.25) is 0 Å². The number of aromatic amines is 1. The van der Waals surface area contributed by atoms with Crippen molar-refractivity contribution >= 4 is 5.78 Å². The summed E-state index contributed by atoms with van der Waals surface area (Å²) in [6.07, 6.45) is -3.91. The second-order valence-corrected chi connectivity index (χ2v) is 3.67. The van der Waals surface area contributed by atoms with Gasteiger partial charge in [0, 0.05) is 11.5 Å². The Labute approximate surface area is 76.3 Å². The molecule has 14 heavy (non-hydrogen) atoms. The number of alkyl halides is 3. The van der Waals surface area contributed by atoms with Gasteiger partial charge >= 0.3 is 6.18 Å². The Kier molecular flexibility index (Phi) is 1.15. The number of halogens is 3. The van der Waals surface area contributed by atoms with Gasteiger partial charge in [0.2, 0.25) is 0 Å². The Morgan fingerprint density at radius 2 is 2.07 bits per heavy atom. The second-order valence-electron chi connectivity index (χ2n) is 3.67. The number of nitrogens with one attached hydrogen (secondary N) is 1. The minimum absolute atomic E-state index is 0.0681. The lowest BCUT2D eigenvalue weighted by Crippen LogP contribution is -2.08. The monoisotopic (exact) mass is 202 g/mol. The zero-order chi connectivity index (χ0) is 10.1. The summed E-state index contributed by atoms with van der Waals surface area (Å²) in [7, 11) is 0. The SMILES string of the molecule is O=C1c2[nH]nc(C(F)(F)F)c2[C@H]2C[C@@H]12. The van der Waals surface area contributed by atoms with Crippen LogP contribution in [0.1, 0.15) is 34.1 Å². The number of nitrogens with zero attached hydrogens (tertiary/aromatic N) is 1. The van der Waals surface area contributed by atoms with E-state index in [2.05, 4.69) is 10.2 Å². The Morgan fingerprint density at radius 1 is 1.36 bits per heavy atom. The Morgan fingerprint density at radius 3 is 2.71 bits per heavy atom. The number of hydrogen-bond acceptors (Lipinski definition) is 2. The first-order chi connectivity index (χ1) is 6.50. The van der Waals surface area contributed by atoms with Gasteiger partial charge in [-0.1, -0.05) is 0 Å². The zero-order valence-electron chi connectivity index (χ0n) is 6.85. The number of ketones is 1. The van der Waals surface area contributed by atoms with Crippen LogP contribution in [-0.4, -0.2) is 16.0 Å². The zero-order valence-corrected chi connectivity index (χ0v) is 6.85. The van der Waals surface area contributed by atoms with Gasteiger partial charge in [-0.05, 0) is 12.3 Å². The van der Waals surface area contributed by atoms with Gasteiger partial charge in [-0.2, -0.15) is 18.3 Å². The highest BCUT2D eigenvalue weighted by Gasteiger charge is 2.57. The summed E-state index contributed by atoms with van der Waals surface area (Å²) >= 11 is 0. The maximum Gasteiger partial charge on any atom is 0.435 e. The van der Waals surface area contributed by atoms with E-state index in [1.807, 2.05) is 0 Å². The molecule has 0 bridgehead atoms. The molecule has 74 valence electrons. The molecule has 0 saturated heterocycles. The summed E-state index contributed by atoms with van der Waals surface area (Å²) in [4.78, 5) is 11.3. The van der Waals surface area contributed by atoms with Gasteiger partial charge in [0.25, 0.3) is 0 Å². The van der Waals surface area contributed by atoms with Gasteiger partial charge in [0.15, 0.2) is 11.5 Å². The van der Waals surface area contributed by atoms with Crippen LogP contribution in [0.15, 0.2) is 0 Å². The van der Waals surface area contributed by atoms with Crippen LogP contribution >= 0.6 is 0 Å². The van der Waals surface area contributed by atoms with Crippen LogP contribution in [0.5, 0.6) is 0 Å². The van der Waals surface area contributed by atoms with Crippen molar-refractivity contribution in [3.63, 3.8) is 0 Å². The highest BCUT2D eigenvalue weighted by Crippen LogP contribution is 2.58. The van der Waals surface area contributed by atoms with E-state index in [4.69, 9.17) is 0 Å². The van der Waals surface area contributed by atoms with Crippen molar-refractivity contribution < 1.29 is 18.0 Å². The minimum atomic E-state index is -4.46. The van der Waals surface area contributed by atoms with Crippen molar-refractivity contribution in [3.8, 4) is 0 Å². The van der Waals surface area contributed by atoms with E-state index >= 15 is 0 Å². The number of Topliss-reactive ketones (excluding diaryl/α,β-unsaturated/α-hetero) is 1. The number of H-pyrrole nitrogens is 1. The van der Waals surface area contributed by atoms with Crippen LogP contribution in [-0.2, 0) is 6.18 Å². The van der Waals surface area contributed by atoms with Crippen LogP contribution in [0.4, 0.5) is 13.2 Å². The number of rotatable bonds is 0. The number of carbonyl (C=O) groups is 1. The average Bonchev–Trinajstić information content (AvgIpc) is 2.63. The predicted octanol–water partition coefficient (Wildman–Crippen LogP) is 1.73. The van der Waals surface area contributed by atoms with Crippen molar-refractivity contribution in [1.29, 1.82) is 0 Å². The van der Waals surface area contributed by atoms with Gasteiger partial charge in [0.05, 0.1) is 0 Å². The minimum Gasteiger partial charge on any atom is -0.292 e. The molecular weight excluding hydrogens is 197 g/mol. The standard InChI is InChI=1S/C8H5F3N2O/c9-8(10,11)7-4-2-1-3(2)6(14)5(4)12-13-7/h2-3H,1H2,(H,12,13)/t2-,3+/m0/s1. The van der Waals surface area contributed by atoms with Gasteiger partial charge < -0.3 is 0 Å². The maximum atomic E-state index is 12.4. The van der Waals surface area contributed by atoms with Gasteiger partial charge in [-0.3, -0.25) is 9.89 Å². The van der Waals surface area contributed by atoms with E-state index in [1.54, 1.807) is 0 Å². The van der Waals surface area contributed by atoms with Crippen LogP contribution in [0, 0.1) is 5.92 Å². The van der Waals surface area contributed by atoms with E-state index in [9.17, 15) is 18.0 Å². The smallest absolute Gasteiger partial charge is 0.292 e. The van der Waals surface area contributed by atoms with Gasteiger partial charge in [-0.25, -0.2) is 0 Å². The fraction of sp³-hybridized carbons (Fsp3) is 0.500. The van der Waals surface area contributed by atoms with E-state index in [0.717, 1.165) is 0 Å². The lowest BCUT2D eigenvalue weighted by atomic mass is 10.1. The molecule has 2 atom stereocenters. The van der Waals surface area contributed by atoms with Crippen molar-refractivity contribution in [2.45, 2.75) is 18.5 Å². The molecule has 2 aliphatic carbocycles. The molecule has 3 nitrogen and oxygen atoms in total. The average molecular weight is 202 g/mol. The Hall–Kier alpha value is -1.33. The summed E-state index contributed by atoms with van der Waals surface area (Å²) in [5.41, 5.74) is -0.753. The molecule has 1 aromatic rings. The lowest BCUT2D eigenvalue weighted by Gasteiger charge is -2.03. The van der Waals surface area contributed by atoms with Crippen molar-refractivity contribution in [3.05, 3.63) is 17.0 Å². The molecule has 1 N–H and O–H groups in total. The maximum absolute atomic E-state index is 12.4. The number of carbonyl (C=O) groups excluding carboxylic acids is 1. The van der Waals surface area contributed by atoms with Crippen molar-refractivity contribution in [1.82, 2.24) is 10.2 Å². The third kappa shape index (κ3) is 0.784. The molecule has 0 spiro atoms. The highest BCUT2D eigenvalue weighted by molar-refractivity contribution is 6.04. The quantitative estimate of drug-likeness (QED) is 0.696. The molecule has 0 radical (unpaired) electrons. The third-order valence-electron chi connectivity index (χ3n) is 2.82. The number of aromatic nitrogens is 2. The molecule has 0 aromatic carbocycles. The Balaban J connectivity index is 2.19. The van der Waals surface area contributed by atoms with Crippen molar-refractivity contribution in [2.75, 3.05) is 0 Å². The topological polar surface area (TPSA) is 45.8 Å². The van der Waals surface area contributed by atoms with E-state index in [-0.39, 0.29) is 28.9 Å². The molecular formula is C8H5F3N2O. The number of fused-ring (bicyclic) bond motifs is 3. The predicted molar refractivity (Wildman–Crippen MR) is 38.8 cm³/mol. The van der Waals surface area contributed by atoms with Gasteiger partial charge in [0.1, 0.15) is 5.69 Å². The second kappa shape index (κ2) is 2.02. The highest BCUT2D eigenvalue weighted by atomic mass is 19.4. The van der Waals surface area contributed by atoms with Crippen LogP contribution < -0.4 is 0 Å². The third-order valence-corrected chi connectivity index (χ3v) is 2.82. The summed E-state index contributed by atoms with van der Waals surface area (Å²) in [6, 6.07) is 0. The normalized spacial score (nSPS) is 28.9. The first-order valence-electron chi connectivity index (χ1n) is 4.20. The van der Waals surface area contributed by atoms with E-state index in [0.29, 0.717) is 6.42 Å². The van der Waals surface area contributed by atoms with Crippen LogP contribution in [0.3, 0.4) is 0 Å². The molecule has 6 heteroatoms. The first kappa shape index (κ1) is 8.02. The number of hydrogen-bond donors (Lipinski definition) is 1. The first-order valence-corrected chi connectivity index (χ1v) is 4.20. The Bertz CT molecular complexity index is 434. The fourth-order valence-corrected chi connectivity index (χ4v) is 2.10. The van der Waals surface area contributed by atoms with Crippen LogP contribution in [0.25, 0.3) is 0 Å². The molecule has 1 fully saturated rings. The largest absolute Gasteiger partial charge is 0.435 e. The summed E-state index contributed by atoms with van der Waals surface area (Å²) in [5.74, 6) is -0.652. The molecule has 2 aliphatic rings. The molecule has 1 heterocycles. The van der Waals surface area contributed by atoms with Gasteiger partial charge in [-0.15, -0.1) is 0 Å². The summed E-state index contributed by atoms with van der Waals surface area (Å²) in [5, 5.41) is 5.35. The summed E-state index contributed by atoms with van der Waals surface area (Å²) in [6.45, 7) is 0. The molecule has 1 aromatic heterocycles. The molecule has 3 rings (SSSR count). The fourth-order valence-electron chi connectivity index (χ4n) is 2.10. The van der Waals surface area contributed by atoms with E-state index < -0.39 is 11.9 Å². The van der Waals surface area contributed by atoms with Crippen molar-refractivity contribution in [2.24, 2.45) is 5.92 Å². The molecule has 0 amide bonds. The molecule has 0 aliphatic heterocycles.